The summed E-state index contributed by atoms with van der Waals surface area (Å²) < 4.78 is 5.01. The largest absolute Gasteiger partial charge is 0.463 e. The fraction of sp³-hybridized carbons (Fsp3) is 0.500. The van der Waals surface area contributed by atoms with Gasteiger partial charge in [0, 0.05) is 19.2 Å². The summed E-state index contributed by atoms with van der Waals surface area (Å²) in [6.07, 6.45) is 1.75. The zero-order valence-electron chi connectivity index (χ0n) is 17.8. The predicted molar refractivity (Wildman–Crippen MR) is 111 cm³/mol. The van der Waals surface area contributed by atoms with Crippen LogP contribution < -0.4 is 10.6 Å². The van der Waals surface area contributed by atoms with Crippen molar-refractivity contribution in [3.8, 4) is 0 Å². The van der Waals surface area contributed by atoms with Crippen molar-refractivity contribution in [2.75, 3.05) is 20.2 Å². The Labute approximate surface area is 172 Å². The second-order valence-electron chi connectivity index (χ2n) is 7.54. The number of nitrogens with zero attached hydrogens (tertiary/aromatic N) is 1. The first-order valence-corrected chi connectivity index (χ1v) is 9.96. The van der Waals surface area contributed by atoms with Gasteiger partial charge in [-0.1, -0.05) is 44.2 Å². The molecule has 1 aromatic carbocycles. The van der Waals surface area contributed by atoms with Crippen LogP contribution in [0.25, 0.3) is 0 Å². The molecule has 2 amide bonds. The van der Waals surface area contributed by atoms with E-state index in [4.69, 9.17) is 4.74 Å². The third-order valence-electron chi connectivity index (χ3n) is 5.08. The minimum atomic E-state index is -0.448. The van der Waals surface area contributed by atoms with Crippen LogP contribution in [0.1, 0.15) is 44.9 Å². The molecule has 0 saturated carbocycles. The fourth-order valence-corrected chi connectivity index (χ4v) is 3.41. The first-order valence-electron chi connectivity index (χ1n) is 9.96. The number of amides is 2. The highest BCUT2D eigenvalue weighted by Gasteiger charge is 2.29. The van der Waals surface area contributed by atoms with E-state index in [1.807, 2.05) is 38.1 Å². The van der Waals surface area contributed by atoms with Crippen molar-refractivity contribution in [2.45, 2.75) is 46.3 Å². The van der Waals surface area contributed by atoms with Crippen LogP contribution >= 0.6 is 0 Å². The maximum absolute atomic E-state index is 12.7. The molecule has 1 unspecified atom stereocenters. The number of ether oxygens (including phenoxy) is 1. The van der Waals surface area contributed by atoms with Gasteiger partial charge in [-0.15, -0.1) is 0 Å². The Hall–Kier alpha value is -2.67. The van der Waals surface area contributed by atoms with E-state index in [9.17, 15) is 14.4 Å². The van der Waals surface area contributed by atoms with Crippen LogP contribution in [-0.2, 0) is 25.7 Å². The Morgan fingerprint density at radius 3 is 2.66 bits per heavy atom. The molecule has 1 heterocycles. The zero-order chi connectivity index (χ0) is 21.6. The van der Waals surface area contributed by atoms with Crippen molar-refractivity contribution < 1.29 is 19.1 Å². The first-order chi connectivity index (χ1) is 13.8. The second-order valence-corrected chi connectivity index (χ2v) is 7.54. The van der Waals surface area contributed by atoms with Gasteiger partial charge in [-0.25, -0.2) is 4.79 Å². The zero-order valence-corrected chi connectivity index (χ0v) is 17.8. The van der Waals surface area contributed by atoms with Gasteiger partial charge in [-0.3, -0.25) is 14.9 Å². The second kappa shape index (κ2) is 10.2. The van der Waals surface area contributed by atoms with E-state index in [0.29, 0.717) is 18.7 Å². The monoisotopic (exact) mass is 401 g/mol. The van der Waals surface area contributed by atoms with E-state index >= 15 is 0 Å². The summed E-state index contributed by atoms with van der Waals surface area (Å²) in [5.41, 5.74) is 2.50. The number of carbonyl (C=O) groups excluding carboxylic acids is 3. The molecular weight excluding hydrogens is 370 g/mol. The summed E-state index contributed by atoms with van der Waals surface area (Å²) >= 11 is 0. The molecule has 7 nitrogen and oxygen atoms in total. The Morgan fingerprint density at radius 1 is 1.31 bits per heavy atom. The van der Waals surface area contributed by atoms with Crippen LogP contribution in [-0.4, -0.2) is 48.9 Å². The standard InChI is InChI=1S/C22H31N3O4/c1-6-29-22(28)15(4)11-18(14(2)3)25(5)19(26)13-24-21(27)20-17-10-8-7-9-16(17)12-23-20/h7-11,14,18,20,23H,6,12-13H2,1-5H3,(H,24,27)/b15-11+/t18-,20?/m1/s1. The molecule has 1 aliphatic heterocycles. The molecule has 0 bridgehead atoms. The fourth-order valence-electron chi connectivity index (χ4n) is 3.41. The molecule has 0 radical (unpaired) electrons. The van der Waals surface area contributed by atoms with Crippen molar-refractivity contribution >= 4 is 17.8 Å². The van der Waals surface area contributed by atoms with Crippen LogP contribution in [0.3, 0.4) is 0 Å². The number of likely N-dealkylation sites (N-methyl/N-ethyl adjacent to an activating group) is 1. The van der Waals surface area contributed by atoms with Gasteiger partial charge in [0.15, 0.2) is 0 Å². The summed E-state index contributed by atoms with van der Waals surface area (Å²) in [5, 5.41) is 5.90. The summed E-state index contributed by atoms with van der Waals surface area (Å²) in [4.78, 5) is 38.7. The van der Waals surface area contributed by atoms with Gasteiger partial charge in [-0.2, -0.15) is 0 Å². The Kier molecular flexibility index (Phi) is 7.96. The van der Waals surface area contributed by atoms with E-state index in [2.05, 4.69) is 10.6 Å². The Bertz CT molecular complexity index is 788. The summed E-state index contributed by atoms with van der Waals surface area (Å²) in [6.45, 7) is 8.20. The quantitative estimate of drug-likeness (QED) is 0.513. The molecule has 29 heavy (non-hydrogen) atoms. The SMILES string of the molecule is CCOC(=O)/C(C)=C/[C@H](C(C)C)N(C)C(=O)CNC(=O)C1NCc2ccccc21. The molecule has 2 atom stereocenters. The Balaban J connectivity index is 1.98. The highest BCUT2D eigenvalue weighted by Crippen LogP contribution is 2.24. The number of fused-ring (bicyclic) bond motifs is 1. The smallest absolute Gasteiger partial charge is 0.333 e. The maximum Gasteiger partial charge on any atom is 0.333 e. The van der Waals surface area contributed by atoms with Gasteiger partial charge < -0.3 is 15.0 Å². The highest BCUT2D eigenvalue weighted by atomic mass is 16.5. The van der Waals surface area contributed by atoms with E-state index in [0.717, 1.165) is 11.1 Å². The van der Waals surface area contributed by atoms with Gasteiger partial charge in [0.2, 0.25) is 11.8 Å². The third kappa shape index (κ3) is 5.67. The lowest BCUT2D eigenvalue weighted by molar-refractivity contribution is -0.138. The molecule has 7 heteroatoms. The minimum Gasteiger partial charge on any atom is -0.463 e. The van der Waals surface area contributed by atoms with Crippen LogP contribution in [0.15, 0.2) is 35.9 Å². The average molecular weight is 402 g/mol. The number of benzene rings is 1. The molecule has 0 aromatic heterocycles. The molecule has 0 saturated heterocycles. The van der Waals surface area contributed by atoms with Gasteiger partial charge >= 0.3 is 5.97 Å². The maximum atomic E-state index is 12.7. The molecule has 0 fully saturated rings. The molecule has 0 aliphatic carbocycles. The van der Waals surface area contributed by atoms with Gasteiger partial charge in [0.1, 0.15) is 6.04 Å². The van der Waals surface area contributed by atoms with Crippen molar-refractivity contribution in [1.29, 1.82) is 0 Å². The predicted octanol–water partition coefficient (Wildman–Crippen LogP) is 1.94. The Morgan fingerprint density at radius 2 is 2.00 bits per heavy atom. The van der Waals surface area contributed by atoms with Gasteiger partial charge in [0.05, 0.1) is 19.2 Å². The number of rotatable bonds is 8. The molecule has 158 valence electrons. The number of hydrogen-bond acceptors (Lipinski definition) is 5. The number of esters is 1. The van der Waals surface area contributed by atoms with Crippen LogP contribution in [0.2, 0.25) is 0 Å². The number of hydrogen-bond donors (Lipinski definition) is 2. The number of carbonyl (C=O) groups is 3. The van der Waals surface area contributed by atoms with Crippen LogP contribution in [0, 0.1) is 5.92 Å². The molecule has 2 N–H and O–H groups in total. The normalized spacial score (nSPS) is 16.9. The van der Waals surface area contributed by atoms with Crippen molar-refractivity contribution in [3.05, 3.63) is 47.0 Å². The van der Waals surface area contributed by atoms with E-state index in [-0.39, 0.29) is 30.3 Å². The lowest BCUT2D eigenvalue weighted by Gasteiger charge is -2.29. The first kappa shape index (κ1) is 22.6. The lowest BCUT2D eigenvalue weighted by atomic mass is 10.00. The highest BCUT2D eigenvalue weighted by molar-refractivity contribution is 5.90. The van der Waals surface area contributed by atoms with Gasteiger partial charge in [-0.05, 0) is 30.9 Å². The molecule has 0 spiro atoms. The van der Waals surface area contributed by atoms with E-state index in [1.54, 1.807) is 31.9 Å². The van der Waals surface area contributed by atoms with Crippen molar-refractivity contribution in [1.82, 2.24) is 15.5 Å². The molecular formula is C22H31N3O4. The number of nitrogens with one attached hydrogen (secondary N) is 2. The average Bonchev–Trinajstić information content (AvgIpc) is 3.13. The van der Waals surface area contributed by atoms with Crippen LogP contribution in [0.4, 0.5) is 0 Å². The van der Waals surface area contributed by atoms with E-state index in [1.165, 1.54) is 0 Å². The summed E-state index contributed by atoms with van der Waals surface area (Å²) in [6, 6.07) is 7.02. The molecule has 1 aromatic rings. The third-order valence-corrected chi connectivity index (χ3v) is 5.08. The van der Waals surface area contributed by atoms with Crippen molar-refractivity contribution in [2.24, 2.45) is 5.92 Å². The van der Waals surface area contributed by atoms with Crippen LogP contribution in [0.5, 0.6) is 0 Å². The van der Waals surface area contributed by atoms with E-state index < -0.39 is 12.0 Å². The summed E-state index contributed by atoms with van der Waals surface area (Å²) in [7, 11) is 1.68. The molecule has 1 aliphatic rings. The summed E-state index contributed by atoms with van der Waals surface area (Å²) in [5.74, 6) is -0.752. The topological polar surface area (TPSA) is 87.7 Å². The van der Waals surface area contributed by atoms with Gasteiger partial charge in [0.25, 0.3) is 0 Å². The van der Waals surface area contributed by atoms with Crippen molar-refractivity contribution in [3.63, 3.8) is 0 Å². The minimum absolute atomic E-state index is 0.0902. The molecule has 2 rings (SSSR count). The lowest BCUT2D eigenvalue weighted by Crippen LogP contribution is -2.46.